The van der Waals surface area contributed by atoms with Crippen LogP contribution in [-0.2, 0) is 0 Å². The van der Waals surface area contributed by atoms with Crippen molar-refractivity contribution in [1.29, 1.82) is 0 Å². The second kappa shape index (κ2) is 4.55. The maximum Gasteiger partial charge on any atom is 0.138 e. The van der Waals surface area contributed by atoms with Crippen LogP contribution in [0.2, 0.25) is 5.02 Å². The summed E-state index contributed by atoms with van der Waals surface area (Å²) >= 11 is 8.49. The van der Waals surface area contributed by atoms with Gasteiger partial charge in [-0.05, 0) is 59.3 Å². The zero-order chi connectivity index (χ0) is 12.7. The van der Waals surface area contributed by atoms with Crippen molar-refractivity contribution in [3.05, 3.63) is 50.6 Å². The molecule has 0 fully saturated rings. The Kier molecular flexibility index (Phi) is 3.03. The largest absolute Gasteiger partial charge is 0.338 e. The number of rotatable bonds is 1. The van der Waals surface area contributed by atoms with Crippen LogP contribution < -0.4 is 0 Å². The fourth-order valence-corrected chi connectivity index (χ4v) is 2.63. The number of aromatic nitrogens is 2. The van der Waals surface area contributed by atoms with E-state index >= 15 is 0 Å². The van der Waals surface area contributed by atoms with Crippen LogP contribution in [-0.4, -0.2) is 9.97 Å². The van der Waals surface area contributed by atoms with Crippen LogP contribution in [0.5, 0.6) is 0 Å². The second-order valence-corrected chi connectivity index (χ2v) is 5.89. The third kappa shape index (κ3) is 2.12. The molecule has 4 heteroatoms. The molecule has 0 unspecified atom stereocenters. The third-order valence-electron chi connectivity index (χ3n) is 2.80. The first-order valence-electron chi connectivity index (χ1n) is 5.55. The predicted molar refractivity (Wildman–Crippen MR) is 84.0 cm³/mol. The van der Waals surface area contributed by atoms with Gasteiger partial charge in [-0.2, -0.15) is 0 Å². The maximum atomic E-state index is 6.20. The first-order valence-corrected chi connectivity index (χ1v) is 7.01. The molecule has 0 atom stereocenters. The van der Waals surface area contributed by atoms with Gasteiger partial charge in [0.15, 0.2) is 0 Å². The molecule has 1 N–H and O–H groups in total. The summed E-state index contributed by atoms with van der Waals surface area (Å²) in [7, 11) is 0. The van der Waals surface area contributed by atoms with Crippen LogP contribution in [0.4, 0.5) is 0 Å². The molecule has 18 heavy (non-hydrogen) atoms. The van der Waals surface area contributed by atoms with Gasteiger partial charge in [0.25, 0.3) is 0 Å². The summed E-state index contributed by atoms with van der Waals surface area (Å²) in [5.41, 5.74) is 4.01. The van der Waals surface area contributed by atoms with Crippen molar-refractivity contribution in [2.75, 3.05) is 0 Å². The molecule has 3 aromatic rings. The van der Waals surface area contributed by atoms with Crippen molar-refractivity contribution in [3.8, 4) is 11.4 Å². The molecule has 2 nitrogen and oxygen atoms in total. The number of aryl methyl sites for hydroxylation is 1. The van der Waals surface area contributed by atoms with E-state index < -0.39 is 0 Å². The van der Waals surface area contributed by atoms with Crippen LogP contribution >= 0.6 is 34.2 Å². The zero-order valence-electron chi connectivity index (χ0n) is 9.67. The quantitative estimate of drug-likeness (QED) is 0.614. The number of halogens is 2. The minimum Gasteiger partial charge on any atom is -0.338 e. The highest BCUT2D eigenvalue weighted by molar-refractivity contribution is 14.1. The summed E-state index contributed by atoms with van der Waals surface area (Å²) in [5.74, 6) is 0.855. The van der Waals surface area contributed by atoms with E-state index in [4.69, 9.17) is 11.6 Å². The van der Waals surface area contributed by atoms with E-state index in [1.165, 1.54) is 3.57 Å². The molecular formula is C14H10ClIN2. The molecule has 1 aromatic heterocycles. The molecule has 3 rings (SSSR count). The van der Waals surface area contributed by atoms with Gasteiger partial charge in [-0.3, -0.25) is 0 Å². The van der Waals surface area contributed by atoms with E-state index in [0.717, 1.165) is 28.0 Å². The average molecular weight is 369 g/mol. The first kappa shape index (κ1) is 12.0. The summed E-state index contributed by atoms with van der Waals surface area (Å²) in [5, 5.41) is 0.693. The molecule has 0 radical (unpaired) electrons. The maximum absolute atomic E-state index is 6.20. The fourth-order valence-electron chi connectivity index (χ4n) is 1.96. The second-order valence-electron chi connectivity index (χ2n) is 4.24. The lowest BCUT2D eigenvalue weighted by Gasteiger charge is -1.95. The minimum atomic E-state index is 0.693. The van der Waals surface area contributed by atoms with Gasteiger partial charge in [0.2, 0.25) is 0 Å². The molecule has 0 aliphatic carbocycles. The van der Waals surface area contributed by atoms with Crippen LogP contribution in [0.3, 0.4) is 0 Å². The van der Waals surface area contributed by atoms with Gasteiger partial charge in [0.1, 0.15) is 11.3 Å². The Morgan fingerprint density at radius 1 is 1.17 bits per heavy atom. The number of fused-ring (bicyclic) bond motifs is 1. The molecule has 1 heterocycles. The summed E-state index contributed by atoms with van der Waals surface area (Å²) in [6.07, 6.45) is 0. The number of hydrogen-bond acceptors (Lipinski definition) is 1. The lowest BCUT2D eigenvalue weighted by atomic mass is 10.2. The third-order valence-corrected chi connectivity index (χ3v) is 3.81. The van der Waals surface area contributed by atoms with Crippen molar-refractivity contribution in [2.45, 2.75) is 6.92 Å². The van der Waals surface area contributed by atoms with E-state index in [9.17, 15) is 0 Å². The van der Waals surface area contributed by atoms with Crippen LogP contribution in [0, 0.1) is 10.5 Å². The van der Waals surface area contributed by atoms with Crippen molar-refractivity contribution < 1.29 is 0 Å². The summed E-state index contributed by atoms with van der Waals surface area (Å²) < 4.78 is 1.21. The lowest BCUT2D eigenvalue weighted by Crippen LogP contribution is -1.80. The van der Waals surface area contributed by atoms with Crippen LogP contribution in [0.15, 0.2) is 36.4 Å². The van der Waals surface area contributed by atoms with Gasteiger partial charge in [-0.25, -0.2) is 4.98 Å². The molecule has 2 aromatic carbocycles. The van der Waals surface area contributed by atoms with E-state index in [2.05, 4.69) is 62.9 Å². The number of H-pyrrole nitrogens is 1. The SMILES string of the molecule is Cc1cc(Cl)c2nc(-c3ccc(I)cc3)[nH]c2c1. The number of benzene rings is 2. The van der Waals surface area contributed by atoms with Crippen molar-refractivity contribution in [2.24, 2.45) is 0 Å². The molecule has 0 spiro atoms. The molecule has 0 aliphatic heterocycles. The van der Waals surface area contributed by atoms with Gasteiger partial charge >= 0.3 is 0 Å². The fraction of sp³-hybridized carbons (Fsp3) is 0.0714. The number of nitrogens with one attached hydrogen (secondary N) is 1. The molecule has 0 saturated carbocycles. The van der Waals surface area contributed by atoms with Crippen molar-refractivity contribution in [1.82, 2.24) is 9.97 Å². The van der Waals surface area contributed by atoms with Gasteiger partial charge in [-0.15, -0.1) is 0 Å². The molecule has 0 saturated heterocycles. The van der Waals surface area contributed by atoms with E-state index in [-0.39, 0.29) is 0 Å². The van der Waals surface area contributed by atoms with Gasteiger partial charge in [-0.1, -0.05) is 23.7 Å². The van der Waals surface area contributed by atoms with Crippen LogP contribution in [0.1, 0.15) is 5.56 Å². The number of aromatic amines is 1. The highest BCUT2D eigenvalue weighted by Gasteiger charge is 2.08. The predicted octanol–water partition coefficient (Wildman–Crippen LogP) is 4.80. The number of imidazole rings is 1. The Balaban J connectivity index is 2.19. The Bertz CT molecular complexity index is 716. The highest BCUT2D eigenvalue weighted by atomic mass is 127. The molecular weight excluding hydrogens is 359 g/mol. The smallest absolute Gasteiger partial charge is 0.138 e. The van der Waals surface area contributed by atoms with E-state index in [1.807, 2.05) is 13.0 Å². The summed E-state index contributed by atoms with van der Waals surface area (Å²) in [6.45, 7) is 2.02. The number of nitrogens with zero attached hydrogens (tertiary/aromatic N) is 1. The van der Waals surface area contributed by atoms with Gasteiger partial charge in [0.05, 0.1) is 10.5 Å². The molecule has 0 aliphatic rings. The average Bonchev–Trinajstić information content (AvgIpc) is 2.74. The normalized spacial score (nSPS) is 11.1. The van der Waals surface area contributed by atoms with E-state index in [0.29, 0.717) is 5.02 Å². The Morgan fingerprint density at radius 3 is 2.61 bits per heavy atom. The standard InChI is InChI=1S/C14H10ClIN2/c1-8-6-11(15)13-12(7-8)17-14(18-13)9-2-4-10(16)5-3-9/h2-7H,1H3,(H,17,18). The lowest BCUT2D eigenvalue weighted by molar-refractivity contribution is 1.33. The molecule has 90 valence electrons. The zero-order valence-corrected chi connectivity index (χ0v) is 12.6. The van der Waals surface area contributed by atoms with Crippen molar-refractivity contribution >= 4 is 45.2 Å². The summed E-state index contributed by atoms with van der Waals surface area (Å²) in [4.78, 5) is 7.88. The van der Waals surface area contributed by atoms with Gasteiger partial charge in [0, 0.05) is 9.13 Å². The molecule has 0 amide bonds. The highest BCUT2D eigenvalue weighted by Crippen LogP contribution is 2.27. The number of hydrogen-bond donors (Lipinski definition) is 1. The Morgan fingerprint density at radius 2 is 1.89 bits per heavy atom. The monoisotopic (exact) mass is 368 g/mol. The molecule has 0 bridgehead atoms. The Hall–Kier alpha value is -1.07. The minimum absolute atomic E-state index is 0.693. The van der Waals surface area contributed by atoms with Crippen molar-refractivity contribution in [3.63, 3.8) is 0 Å². The topological polar surface area (TPSA) is 28.7 Å². The Labute approximate surface area is 124 Å². The van der Waals surface area contributed by atoms with Crippen LogP contribution in [0.25, 0.3) is 22.4 Å². The summed E-state index contributed by atoms with van der Waals surface area (Å²) in [6, 6.07) is 12.2. The van der Waals surface area contributed by atoms with Gasteiger partial charge < -0.3 is 4.98 Å². The first-order chi connectivity index (χ1) is 8.63. The van der Waals surface area contributed by atoms with E-state index in [1.54, 1.807) is 0 Å².